The molecule has 2 atom stereocenters. The first-order chi connectivity index (χ1) is 14.8. The molecule has 0 unspecified atom stereocenters. The lowest BCUT2D eigenvalue weighted by Crippen LogP contribution is -2.49. The fourth-order valence-electron chi connectivity index (χ4n) is 4.31. The molecule has 5 nitrogen and oxygen atoms in total. The average Bonchev–Trinajstić information content (AvgIpc) is 2.77. The van der Waals surface area contributed by atoms with E-state index in [2.05, 4.69) is 26.1 Å². The maximum Gasteiger partial charge on any atom is 0.410 e. The number of nitrogens with zero attached hydrogens (tertiary/aromatic N) is 1. The average molecular weight is 423 g/mol. The Balaban J connectivity index is 1.54. The Morgan fingerprint density at radius 3 is 2.23 bits per heavy atom. The molecule has 2 aromatic rings. The van der Waals surface area contributed by atoms with Gasteiger partial charge in [0.2, 0.25) is 5.91 Å². The highest BCUT2D eigenvalue weighted by atomic mass is 16.6. The Labute approximate surface area is 185 Å². The van der Waals surface area contributed by atoms with Crippen molar-refractivity contribution >= 4 is 12.0 Å². The van der Waals surface area contributed by atoms with Gasteiger partial charge in [-0.25, -0.2) is 4.79 Å². The molecule has 0 aliphatic carbocycles. The van der Waals surface area contributed by atoms with E-state index < -0.39 is 0 Å². The highest BCUT2D eigenvalue weighted by molar-refractivity contribution is 5.76. The lowest BCUT2D eigenvalue weighted by molar-refractivity contribution is -0.123. The zero-order valence-corrected chi connectivity index (χ0v) is 18.8. The Morgan fingerprint density at radius 1 is 1.00 bits per heavy atom. The molecule has 166 valence electrons. The van der Waals surface area contributed by atoms with Crippen LogP contribution >= 0.6 is 0 Å². The minimum atomic E-state index is -0.273. The molecule has 0 radical (unpaired) electrons. The van der Waals surface area contributed by atoms with E-state index in [4.69, 9.17) is 4.74 Å². The second kappa shape index (κ2) is 10.5. The number of nitrogens with one attached hydrogen (secondary N) is 1. The Bertz CT molecular complexity index is 846. The van der Waals surface area contributed by atoms with E-state index in [-0.39, 0.29) is 35.9 Å². The van der Waals surface area contributed by atoms with Crippen molar-refractivity contribution in [3.05, 3.63) is 71.8 Å². The lowest BCUT2D eigenvalue weighted by atomic mass is 9.69. The SMILES string of the molecule is CC(C)(C)[C@@H]1CN(C(=O)OCc2ccccc2)CC[C@H]1CC(=O)NCc1ccccc1. The van der Waals surface area contributed by atoms with Crippen molar-refractivity contribution in [1.29, 1.82) is 0 Å². The van der Waals surface area contributed by atoms with Gasteiger partial charge in [-0.1, -0.05) is 81.4 Å². The molecule has 1 aliphatic rings. The quantitative estimate of drug-likeness (QED) is 0.712. The smallest absolute Gasteiger partial charge is 0.410 e. The first-order valence-corrected chi connectivity index (χ1v) is 11.1. The van der Waals surface area contributed by atoms with E-state index in [0.717, 1.165) is 17.5 Å². The minimum Gasteiger partial charge on any atom is -0.445 e. The van der Waals surface area contributed by atoms with Crippen LogP contribution in [0.1, 0.15) is 44.7 Å². The highest BCUT2D eigenvalue weighted by Gasteiger charge is 2.39. The predicted octanol–water partition coefficient (Wildman–Crippen LogP) is 5.01. The van der Waals surface area contributed by atoms with Gasteiger partial charge in [0.1, 0.15) is 6.61 Å². The number of benzene rings is 2. The van der Waals surface area contributed by atoms with Crippen molar-refractivity contribution in [3.63, 3.8) is 0 Å². The first-order valence-electron chi connectivity index (χ1n) is 11.1. The number of ether oxygens (including phenoxy) is 1. The van der Waals surface area contributed by atoms with Gasteiger partial charge in [0.05, 0.1) is 0 Å². The van der Waals surface area contributed by atoms with E-state index in [1.54, 1.807) is 4.90 Å². The Hall–Kier alpha value is -2.82. The van der Waals surface area contributed by atoms with Crippen molar-refractivity contribution < 1.29 is 14.3 Å². The van der Waals surface area contributed by atoms with Crippen LogP contribution in [0.4, 0.5) is 4.79 Å². The standard InChI is InChI=1S/C26H34N2O3/c1-26(2,3)23-18-28(25(30)31-19-21-12-8-5-9-13-21)15-14-22(23)16-24(29)27-17-20-10-6-4-7-11-20/h4-13,22-23H,14-19H2,1-3H3,(H,27,29)/t22-,23+/m0/s1. The van der Waals surface area contributed by atoms with Crippen molar-refractivity contribution in [3.8, 4) is 0 Å². The maximum atomic E-state index is 12.7. The second-order valence-electron chi connectivity index (χ2n) is 9.47. The van der Waals surface area contributed by atoms with Gasteiger partial charge < -0.3 is 15.0 Å². The number of hydrogen-bond acceptors (Lipinski definition) is 3. The monoisotopic (exact) mass is 422 g/mol. The topological polar surface area (TPSA) is 58.6 Å². The number of likely N-dealkylation sites (tertiary alicyclic amines) is 1. The number of rotatable bonds is 6. The number of carbonyl (C=O) groups is 2. The van der Waals surface area contributed by atoms with Crippen molar-refractivity contribution in [2.24, 2.45) is 17.3 Å². The van der Waals surface area contributed by atoms with Crippen LogP contribution in [-0.4, -0.2) is 30.0 Å². The van der Waals surface area contributed by atoms with E-state index >= 15 is 0 Å². The maximum absolute atomic E-state index is 12.7. The molecule has 5 heteroatoms. The Kier molecular flexibility index (Phi) is 7.72. The molecule has 0 spiro atoms. The summed E-state index contributed by atoms with van der Waals surface area (Å²) in [6.07, 6.45) is 1.02. The van der Waals surface area contributed by atoms with Crippen LogP contribution in [-0.2, 0) is 22.7 Å². The lowest BCUT2D eigenvalue weighted by Gasteiger charge is -2.44. The first kappa shape index (κ1) is 22.9. The van der Waals surface area contributed by atoms with Gasteiger partial charge in [-0.2, -0.15) is 0 Å². The van der Waals surface area contributed by atoms with Gasteiger partial charge in [0.15, 0.2) is 0 Å². The van der Waals surface area contributed by atoms with Crippen LogP contribution in [0.25, 0.3) is 0 Å². The summed E-state index contributed by atoms with van der Waals surface area (Å²) in [6.45, 7) is 8.62. The van der Waals surface area contributed by atoms with Gasteiger partial charge >= 0.3 is 6.09 Å². The van der Waals surface area contributed by atoms with E-state index in [1.165, 1.54) is 0 Å². The van der Waals surface area contributed by atoms with Crippen molar-refractivity contribution in [2.45, 2.75) is 46.8 Å². The van der Waals surface area contributed by atoms with Crippen LogP contribution in [0.2, 0.25) is 0 Å². The third-order valence-electron chi connectivity index (χ3n) is 6.11. The van der Waals surface area contributed by atoms with Gasteiger partial charge in [-0.05, 0) is 34.8 Å². The van der Waals surface area contributed by atoms with Crippen LogP contribution in [0, 0.1) is 17.3 Å². The fraction of sp³-hybridized carbons (Fsp3) is 0.462. The van der Waals surface area contributed by atoms with E-state index in [1.807, 2.05) is 60.7 Å². The molecular weight excluding hydrogens is 388 g/mol. The molecule has 0 bridgehead atoms. The summed E-state index contributed by atoms with van der Waals surface area (Å²) < 4.78 is 5.54. The molecule has 1 fully saturated rings. The van der Waals surface area contributed by atoms with Gasteiger partial charge in [-0.3, -0.25) is 4.79 Å². The highest BCUT2D eigenvalue weighted by Crippen LogP contribution is 2.39. The third kappa shape index (κ3) is 6.84. The summed E-state index contributed by atoms with van der Waals surface area (Å²) in [5.41, 5.74) is 2.07. The second-order valence-corrected chi connectivity index (χ2v) is 9.47. The number of hydrogen-bond donors (Lipinski definition) is 1. The predicted molar refractivity (Wildman–Crippen MR) is 122 cm³/mol. The molecule has 3 rings (SSSR count). The number of piperidine rings is 1. The molecule has 2 amide bonds. The molecule has 1 aliphatic heterocycles. The van der Waals surface area contributed by atoms with Crippen LogP contribution < -0.4 is 5.32 Å². The molecule has 1 N–H and O–H groups in total. The summed E-state index contributed by atoms with van der Waals surface area (Å²) >= 11 is 0. The van der Waals surface area contributed by atoms with E-state index in [9.17, 15) is 9.59 Å². The summed E-state index contributed by atoms with van der Waals surface area (Å²) in [7, 11) is 0. The fourth-order valence-corrected chi connectivity index (χ4v) is 4.31. The molecule has 0 aromatic heterocycles. The van der Waals surface area contributed by atoms with Crippen molar-refractivity contribution in [1.82, 2.24) is 10.2 Å². The third-order valence-corrected chi connectivity index (χ3v) is 6.11. The molecule has 1 heterocycles. The molecule has 1 saturated heterocycles. The largest absolute Gasteiger partial charge is 0.445 e. The Morgan fingerprint density at radius 2 is 1.61 bits per heavy atom. The summed E-state index contributed by atoms with van der Waals surface area (Å²) in [4.78, 5) is 27.1. The molecule has 0 saturated carbocycles. The van der Waals surface area contributed by atoms with Crippen LogP contribution in [0.15, 0.2) is 60.7 Å². The molecular formula is C26H34N2O3. The van der Waals surface area contributed by atoms with E-state index in [0.29, 0.717) is 26.1 Å². The minimum absolute atomic E-state index is 0.0112. The summed E-state index contributed by atoms with van der Waals surface area (Å²) in [5.74, 6) is 0.546. The number of amides is 2. The zero-order valence-electron chi connectivity index (χ0n) is 18.8. The van der Waals surface area contributed by atoms with Crippen molar-refractivity contribution in [2.75, 3.05) is 13.1 Å². The zero-order chi connectivity index (χ0) is 22.3. The van der Waals surface area contributed by atoms with Crippen LogP contribution in [0.5, 0.6) is 0 Å². The summed E-state index contributed by atoms with van der Waals surface area (Å²) in [5, 5.41) is 3.05. The van der Waals surface area contributed by atoms with Crippen LogP contribution in [0.3, 0.4) is 0 Å². The van der Waals surface area contributed by atoms with Gasteiger partial charge in [-0.15, -0.1) is 0 Å². The molecule has 2 aromatic carbocycles. The van der Waals surface area contributed by atoms with Gasteiger partial charge in [0.25, 0.3) is 0 Å². The normalized spacial score (nSPS) is 19.0. The molecule has 31 heavy (non-hydrogen) atoms. The number of carbonyl (C=O) groups excluding carboxylic acids is 2. The van der Waals surface area contributed by atoms with Gasteiger partial charge in [0, 0.05) is 26.1 Å². The summed E-state index contributed by atoms with van der Waals surface area (Å²) in [6, 6.07) is 19.7.